The van der Waals surface area contributed by atoms with E-state index in [1.165, 1.54) is 0 Å². The van der Waals surface area contributed by atoms with E-state index in [1.807, 2.05) is 52.9 Å². The molecular weight excluding hydrogens is 238 g/mol. The number of para-hydroxylation sites is 1. The van der Waals surface area contributed by atoms with Gasteiger partial charge in [-0.05, 0) is 39.8 Å². The average Bonchev–Trinajstić information content (AvgIpc) is 2.48. The van der Waals surface area contributed by atoms with Crippen LogP contribution in [0.3, 0.4) is 0 Å². The van der Waals surface area contributed by atoms with Crippen LogP contribution in [0.15, 0.2) is 30.3 Å². The molecule has 1 aromatic carbocycles. The second kappa shape index (κ2) is 4.64. The zero-order valence-corrected chi connectivity index (χ0v) is 12.4. The number of nitrogens with zero attached hydrogens (tertiary/aromatic N) is 1. The fourth-order valence-electron chi connectivity index (χ4n) is 2.88. The van der Waals surface area contributed by atoms with Gasteiger partial charge in [-0.1, -0.05) is 18.2 Å². The van der Waals surface area contributed by atoms with E-state index in [-0.39, 0.29) is 11.7 Å². The fourth-order valence-corrected chi connectivity index (χ4v) is 2.88. The van der Waals surface area contributed by atoms with Gasteiger partial charge in [0, 0.05) is 19.3 Å². The number of hydrogen-bond acceptors (Lipinski definition) is 3. The highest BCUT2D eigenvalue weighted by molar-refractivity contribution is 5.92. The molecule has 1 aromatic rings. The van der Waals surface area contributed by atoms with Crippen molar-refractivity contribution in [1.29, 1.82) is 0 Å². The van der Waals surface area contributed by atoms with Crippen molar-refractivity contribution in [3.63, 3.8) is 0 Å². The summed E-state index contributed by atoms with van der Waals surface area (Å²) in [6, 6.07) is 10.1. The summed E-state index contributed by atoms with van der Waals surface area (Å²) in [6.07, 6.45) is 0. The van der Waals surface area contributed by atoms with Crippen LogP contribution in [0.25, 0.3) is 0 Å². The molecule has 0 saturated carbocycles. The minimum Gasteiger partial charge on any atom is -0.374 e. The van der Waals surface area contributed by atoms with Crippen molar-refractivity contribution in [1.82, 2.24) is 0 Å². The van der Waals surface area contributed by atoms with Gasteiger partial charge in [0.2, 0.25) is 0 Å². The van der Waals surface area contributed by atoms with Crippen LogP contribution in [0, 0.1) is 5.92 Å². The number of anilines is 1. The molecule has 2 rings (SSSR count). The van der Waals surface area contributed by atoms with E-state index in [0.717, 1.165) is 5.69 Å². The molecule has 0 aliphatic carbocycles. The van der Waals surface area contributed by atoms with Gasteiger partial charge >= 0.3 is 0 Å². The second-order valence-corrected chi connectivity index (χ2v) is 6.35. The van der Waals surface area contributed by atoms with E-state index in [0.29, 0.717) is 6.54 Å². The van der Waals surface area contributed by atoms with E-state index < -0.39 is 11.2 Å². The van der Waals surface area contributed by atoms with Crippen molar-refractivity contribution in [3.8, 4) is 0 Å². The van der Waals surface area contributed by atoms with Crippen LogP contribution in [-0.4, -0.2) is 30.6 Å². The highest BCUT2D eigenvalue weighted by Gasteiger charge is 2.53. The molecule has 1 aliphatic heterocycles. The molecule has 0 N–H and O–H groups in total. The van der Waals surface area contributed by atoms with Gasteiger partial charge in [0.1, 0.15) is 5.60 Å². The molecule has 19 heavy (non-hydrogen) atoms. The van der Waals surface area contributed by atoms with Gasteiger partial charge in [-0.15, -0.1) is 0 Å². The monoisotopic (exact) mass is 261 g/mol. The molecule has 104 valence electrons. The summed E-state index contributed by atoms with van der Waals surface area (Å²) in [4.78, 5) is 14.6. The number of rotatable bonds is 3. The summed E-state index contributed by atoms with van der Waals surface area (Å²) in [7, 11) is 2.02. The van der Waals surface area contributed by atoms with Crippen LogP contribution in [-0.2, 0) is 9.53 Å². The smallest absolute Gasteiger partial charge is 0.171 e. The maximum Gasteiger partial charge on any atom is 0.171 e. The van der Waals surface area contributed by atoms with E-state index in [9.17, 15) is 4.79 Å². The van der Waals surface area contributed by atoms with Crippen LogP contribution in [0.4, 0.5) is 5.69 Å². The number of hydrogen-bond donors (Lipinski definition) is 0. The third-order valence-electron chi connectivity index (χ3n) is 3.92. The molecule has 0 amide bonds. The van der Waals surface area contributed by atoms with Crippen molar-refractivity contribution in [2.45, 2.75) is 38.9 Å². The highest BCUT2D eigenvalue weighted by Crippen LogP contribution is 2.39. The standard InChI is InChI=1S/C16H23NO2/c1-15(2)13(14(18)16(3,4)19-15)11-17(5)12-9-7-6-8-10-12/h6-10,13H,11H2,1-5H3. The average molecular weight is 261 g/mol. The van der Waals surface area contributed by atoms with Crippen molar-refractivity contribution in [3.05, 3.63) is 30.3 Å². The van der Waals surface area contributed by atoms with E-state index >= 15 is 0 Å². The lowest BCUT2D eigenvalue weighted by Gasteiger charge is -2.29. The molecule has 1 atom stereocenters. The Morgan fingerprint density at radius 2 is 1.74 bits per heavy atom. The third-order valence-corrected chi connectivity index (χ3v) is 3.92. The Balaban J connectivity index is 2.17. The number of Topliss-reactive ketones (excluding diaryl/α,β-unsaturated/α-hetero) is 1. The first-order chi connectivity index (χ1) is 8.74. The van der Waals surface area contributed by atoms with Gasteiger partial charge < -0.3 is 9.64 Å². The first-order valence-electron chi connectivity index (χ1n) is 6.75. The Morgan fingerprint density at radius 3 is 2.21 bits per heavy atom. The predicted octanol–water partition coefficient (Wildman–Crippen LogP) is 2.90. The third kappa shape index (κ3) is 2.66. The molecule has 3 heteroatoms. The fraction of sp³-hybridized carbons (Fsp3) is 0.562. The van der Waals surface area contributed by atoms with Gasteiger partial charge in [-0.25, -0.2) is 0 Å². The number of carbonyl (C=O) groups excluding carboxylic acids is 1. The Hall–Kier alpha value is -1.35. The minimum absolute atomic E-state index is 0.104. The summed E-state index contributed by atoms with van der Waals surface area (Å²) in [5, 5.41) is 0. The summed E-state index contributed by atoms with van der Waals surface area (Å²) < 4.78 is 5.92. The van der Waals surface area contributed by atoms with E-state index in [1.54, 1.807) is 0 Å². The maximum atomic E-state index is 12.5. The molecule has 0 aromatic heterocycles. The first kappa shape index (κ1) is 14.1. The molecule has 0 spiro atoms. The molecular formula is C16H23NO2. The Labute approximate surface area is 115 Å². The van der Waals surface area contributed by atoms with Crippen LogP contribution in [0.1, 0.15) is 27.7 Å². The number of benzene rings is 1. The number of carbonyl (C=O) groups is 1. The Bertz CT molecular complexity index is 465. The molecule has 0 radical (unpaired) electrons. The zero-order chi connectivity index (χ0) is 14.3. The van der Waals surface area contributed by atoms with Crippen molar-refractivity contribution >= 4 is 11.5 Å². The van der Waals surface area contributed by atoms with Crippen LogP contribution >= 0.6 is 0 Å². The normalized spacial score (nSPS) is 24.5. The summed E-state index contributed by atoms with van der Waals surface area (Å²) in [6.45, 7) is 8.41. The summed E-state index contributed by atoms with van der Waals surface area (Å²) in [5.41, 5.74) is 0.0331. The van der Waals surface area contributed by atoms with E-state index in [2.05, 4.69) is 17.0 Å². The van der Waals surface area contributed by atoms with E-state index in [4.69, 9.17) is 4.74 Å². The zero-order valence-electron chi connectivity index (χ0n) is 12.4. The van der Waals surface area contributed by atoms with Gasteiger partial charge in [0.05, 0.1) is 11.5 Å². The van der Waals surface area contributed by atoms with Gasteiger partial charge in [-0.2, -0.15) is 0 Å². The van der Waals surface area contributed by atoms with Crippen molar-refractivity contribution in [2.75, 3.05) is 18.5 Å². The van der Waals surface area contributed by atoms with Gasteiger partial charge in [-0.3, -0.25) is 4.79 Å². The molecule has 1 heterocycles. The van der Waals surface area contributed by atoms with Crippen molar-refractivity contribution in [2.24, 2.45) is 5.92 Å². The molecule has 1 saturated heterocycles. The lowest BCUT2D eigenvalue weighted by molar-refractivity contribution is -0.132. The maximum absolute atomic E-state index is 12.5. The van der Waals surface area contributed by atoms with Gasteiger partial charge in [0.25, 0.3) is 0 Å². The summed E-state index contributed by atoms with van der Waals surface area (Å²) in [5.74, 6) is 0.0907. The predicted molar refractivity (Wildman–Crippen MR) is 77.5 cm³/mol. The van der Waals surface area contributed by atoms with Crippen LogP contribution in [0.5, 0.6) is 0 Å². The molecule has 1 unspecified atom stereocenters. The molecule has 3 nitrogen and oxygen atoms in total. The first-order valence-corrected chi connectivity index (χ1v) is 6.75. The number of ether oxygens (including phenoxy) is 1. The van der Waals surface area contributed by atoms with Crippen LogP contribution in [0.2, 0.25) is 0 Å². The number of ketones is 1. The van der Waals surface area contributed by atoms with Crippen LogP contribution < -0.4 is 4.90 Å². The molecule has 0 bridgehead atoms. The molecule has 1 aliphatic rings. The SMILES string of the molecule is CN(CC1C(=O)C(C)(C)OC1(C)C)c1ccccc1. The quantitative estimate of drug-likeness (QED) is 0.838. The largest absolute Gasteiger partial charge is 0.374 e. The van der Waals surface area contributed by atoms with Crippen molar-refractivity contribution < 1.29 is 9.53 Å². The van der Waals surface area contributed by atoms with Gasteiger partial charge in [0.15, 0.2) is 5.78 Å². The Morgan fingerprint density at radius 1 is 1.16 bits per heavy atom. The second-order valence-electron chi connectivity index (χ2n) is 6.35. The summed E-state index contributed by atoms with van der Waals surface area (Å²) >= 11 is 0. The Kier molecular flexibility index (Phi) is 3.43. The highest BCUT2D eigenvalue weighted by atomic mass is 16.5. The molecule has 1 fully saturated rings. The lowest BCUT2D eigenvalue weighted by Crippen LogP contribution is -2.39. The topological polar surface area (TPSA) is 29.5 Å². The lowest BCUT2D eigenvalue weighted by atomic mass is 9.85. The minimum atomic E-state index is -0.675.